The molecule has 0 saturated carbocycles. The summed E-state index contributed by atoms with van der Waals surface area (Å²) in [5, 5.41) is 0. The van der Waals surface area contributed by atoms with Gasteiger partial charge in [0.25, 0.3) is 0 Å². The Labute approximate surface area is 68.3 Å². The highest BCUT2D eigenvalue weighted by molar-refractivity contribution is 6.33. The summed E-state index contributed by atoms with van der Waals surface area (Å²) in [6, 6.07) is 6.08. The van der Waals surface area contributed by atoms with Crippen LogP contribution in [0.3, 0.4) is 0 Å². The Morgan fingerprint density at radius 3 is 2.00 bits per heavy atom. The first kappa shape index (κ1) is 12.8. The zero-order valence-electron chi connectivity index (χ0n) is 6.81. The molecule has 0 aliphatic carbocycles. The molecule has 2 nitrogen and oxygen atoms in total. The third-order valence-electron chi connectivity index (χ3n) is 1.43. The van der Waals surface area contributed by atoms with Crippen LogP contribution in [-0.2, 0) is 0 Å². The Hall–Kier alpha value is -0.795. The van der Waals surface area contributed by atoms with E-state index in [1.165, 1.54) is 5.56 Å². The summed E-state index contributed by atoms with van der Waals surface area (Å²) < 4.78 is 0. The van der Waals surface area contributed by atoms with Crippen molar-refractivity contribution in [3.05, 3.63) is 29.3 Å². The first-order valence-electron chi connectivity index (χ1n) is 3.03. The van der Waals surface area contributed by atoms with Gasteiger partial charge < -0.3 is 11.0 Å². The first-order valence-corrected chi connectivity index (χ1v) is 3.03. The lowest BCUT2D eigenvalue weighted by Gasteiger charge is -1.98. The molecule has 0 amide bonds. The van der Waals surface area contributed by atoms with Crippen LogP contribution in [0.5, 0.6) is 0 Å². The number of hydrogen-bond acceptors (Lipinski definition) is 0. The third kappa shape index (κ3) is 3.21. The summed E-state index contributed by atoms with van der Waals surface area (Å²) >= 11 is 0. The summed E-state index contributed by atoms with van der Waals surface area (Å²) in [7, 11) is 5.62. The van der Waals surface area contributed by atoms with Crippen molar-refractivity contribution in [1.29, 1.82) is 0 Å². The first-order chi connectivity index (χ1) is 4.20. The van der Waals surface area contributed by atoms with E-state index in [4.69, 9.17) is 7.85 Å². The Morgan fingerprint density at radius 1 is 1.09 bits per heavy atom. The van der Waals surface area contributed by atoms with Crippen molar-refractivity contribution in [3.8, 4) is 0 Å². The molecule has 0 aliphatic rings. The Kier molecular flexibility index (Phi) is 5.76. The minimum atomic E-state index is 0. The maximum Gasteiger partial charge on any atom is 0.114 e. The molecule has 2 radical (unpaired) electrons. The molecule has 0 aromatic heterocycles. The fourth-order valence-corrected chi connectivity index (χ4v) is 0.760. The summed E-state index contributed by atoms with van der Waals surface area (Å²) in [5.41, 5.74) is 3.26. The van der Waals surface area contributed by atoms with Crippen LogP contribution in [0, 0.1) is 13.8 Å². The SMILES string of the molecule is O.O.[B]c1cc(C)ccc1C. The highest BCUT2D eigenvalue weighted by Gasteiger charge is 1.88. The van der Waals surface area contributed by atoms with E-state index in [0.717, 1.165) is 11.0 Å². The van der Waals surface area contributed by atoms with Crippen LogP contribution >= 0.6 is 0 Å². The van der Waals surface area contributed by atoms with Gasteiger partial charge in [0.1, 0.15) is 7.85 Å². The molecule has 1 aromatic carbocycles. The highest BCUT2D eigenvalue weighted by atomic mass is 16.0. The lowest BCUT2D eigenvalue weighted by atomic mass is 9.90. The van der Waals surface area contributed by atoms with E-state index in [1.54, 1.807) is 0 Å². The number of aryl methyl sites for hydroxylation is 2. The predicted molar refractivity (Wildman–Crippen MR) is 48.5 cm³/mol. The molecule has 0 atom stereocenters. The van der Waals surface area contributed by atoms with Crippen LogP contribution < -0.4 is 5.46 Å². The van der Waals surface area contributed by atoms with Gasteiger partial charge in [-0.25, -0.2) is 0 Å². The Morgan fingerprint density at radius 2 is 1.64 bits per heavy atom. The average molecular weight is 152 g/mol. The van der Waals surface area contributed by atoms with Gasteiger partial charge in [-0.3, -0.25) is 0 Å². The molecule has 1 rings (SSSR count). The van der Waals surface area contributed by atoms with E-state index in [2.05, 4.69) is 6.07 Å². The summed E-state index contributed by atoms with van der Waals surface area (Å²) in [5.74, 6) is 0. The summed E-state index contributed by atoms with van der Waals surface area (Å²) in [4.78, 5) is 0. The van der Waals surface area contributed by atoms with Crippen molar-refractivity contribution in [2.75, 3.05) is 0 Å². The second kappa shape index (κ2) is 4.94. The molecule has 0 bridgehead atoms. The maximum atomic E-state index is 5.62. The monoisotopic (exact) mass is 152 g/mol. The average Bonchev–Trinajstić information content (AvgIpc) is 1.80. The van der Waals surface area contributed by atoms with E-state index in [1.807, 2.05) is 26.0 Å². The van der Waals surface area contributed by atoms with Crippen molar-refractivity contribution < 1.29 is 11.0 Å². The number of hydrogen-bond donors (Lipinski definition) is 0. The molecule has 3 heteroatoms. The van der Waals surface area contributed by atoms with Gasteiger partial charge >= 0.3 is 0 Å². The molecular weight excluding hydrogens is 139 g/mol. The van der Waals surface area contributed by atoms with E-state index in [9.17, 15) is 0 Å². The summed E-state index contributed by atoms with van der Waals surface area (Å²) in [6.45, 7) is 4.05. The minimum Gasteiger partial charge on any atom is -0.412 e. The molecule has 1 aromatic rings. The molecule has 0 aliphatic heterocycles. The van der Waals surface area contributed by atoms with Crippen molar-refractivity contribution >= 4 is 13.3 Å². The molecule has 0 saturated heterocycles. The number of rotatable bonds is 0. The molecule has 60 valence electrons. The van der Waals surface area contributed by atoms with Crippen molar-refractivity contribution in [2.24, 2.45) is 0 Å². The number of benzene rings is 1. The topological polar surface area (TPSA) is 63.0 Å². The van der Waals surface area contributed by atoms with Crippen LogP contribution in [0.1, 0.15) is 11.1 Å². The van der Waals surface area contributed by atoms with Crippen LogP contribution in [0.2, 0.25) is 0 Å². The van der Waals surface area contributed by atoms with Crippen LogP contribution in [0.15, 0.2) is 18.2 Å². The van der Waals surface area contributed by atoms with Crippen LogP contribution in [-0.4, -0.2) is 18.8 Å². The molecule has 0 spiro atoms. The van der Waals surface area contributed by atoms with E-state index in [0.29, 0.717) is 0 Å². The van der Waals surface area contributed by atoms with E-state index < -0.39 is 0 Å². The molecule has 11 heavy (non-hydrogen) atoms. The fourth-order valence-electron chi connectivity index (χ4n) is 0.760. The zero-order chi connectivity index (χ0) is 6.85. The highest BCUT2D eigenvalue weighted by Crippen LogP contribution is 1.96. The Balaban J connectivity index is 0. The molecule has 0 fully saturated rings. The van der Waals surface area contributed by atoms with E-state index >= 15 is 0 Å². The largest absolute Gasteiger partial charge is 0.412 e. The van der Waals surface area contributed by atoms with Gasteiger partial charge in [0.05, 0.1) is 0 Å². The van der Waals surface area contributed by atoms with Gasteiger partial charge in [-0.2, -0.15) is 0 Å². The second-order valence-electron chi connectivity index (χ2n) is 2.36. The van der Waals surface area contributed by atoms with Gasteiger partial charge in [-0.15, -0.1) is 0 Å². The smallest absolute Gasteiger partial charge is 0.114 e. The van der Waals surface area contributed by atoms with Crippen LogP contribution in [0.4, 0.5) is 0 Å². The quantitative estimate of drug-likeness (QED) is 0.447. The lowest BCUT2D eigenvalue weighted by Crippen LogP contribution is -2.06. The van der Waals surface area contributed by atoms with Crippen molar-refractivity contribution in [2.45, 2.75) is 13.8 Å². The normalized spacial score (nSPS) is 7.82. The maximum absolute atomic E-state index is 5.62. The van der Waals surface area contributed by atoms with Gasteiger partial charge in [0, 0.05) is 0 Å². The molecule has 4 N–H and O–H groups in total. The molecular formula is C8H13BO2. The Bertz CT molecular complexity index is 223. The van der Waals surface area contributed by atoms with E-state index in [-0.39, 0.29) is 11.0 Å². The standard InChI is InChI=1S/C8H9B.2H2O/c1-6-3-4-7(2)8(9)5-6;;/h3-5H,1-2H3;2*1H2. The van der Waals surface area contributed by atoms with Crippen LogP contribution in [0.25, 0.3) is 0 Å². The van der Waals surface area contributed by atoms with Crippen molar-refractivity contribution in [1.82, 2.24) is 0 Å². The molecule has 0 unspecified atom stereocenters. The minimum absolute atomic E-state index is 0. The van der Waals surface area contributed by atoms with Gasteiger partial charge in [-0.05, 0) is 13.8 Å². The third-order valence-corrected chi connectivity index (χ3v) is 1.43. The molecule has 0 heterocycles. The fraction of sp³-hybridized carbons (Fsp3) is 0.250. The van der Waals surface area contributed by atoms with Gasteiger partial charge in [0.2, 0.25) is 0 Å². The van der Waals surface area contributed by atoms with Crippen molar-refractivity contribution in [3.63, 3.8) is 0 Å². The lowest BCUT2D eigenvalue weighted by molar-refractivity contribution is 0.823. The second-order valence-corrected chi connectivity index (χ2v) is 2.36. The zero-order valence-corrected chi connectivity index (χ0v) is 6.81. The van der Waals surface area contributed by atoms with Gasteiger partial charge in [0.15, 0.2) is 0 Å². The van der Waals surface area contributed by atoms with Gasteiger partial charge in [-0.1, -0.05) is 34.8 Å². The summed E-state index contributed by atoms with van der Waals surface area (Å²) in [6.07, 6.45) is 0. The predicted octanol–water partition coefficient (Wildman–Crippen LogP) is -0.552.